The van der Waals surface area contributed by atoms with Crippen LogP contribution in [0.1, 0.15) is 74.2 Å². The van der Waals surface area contributed by atoms with Crippen molar-refractivity contribution < 1.29 is 23.1 Å². The molecule has 1 aliphatic rings. The summed E-state index contributed by atoms with van der Waals surface area (Å²) in [7, 11) is 0. The van der Waals surface area contributed by atoms with Gasteiger partial charge in [-0.1, -0.05) is 13.0 Å². The van der Waals surface area contributed by atoms with Crippen molar-refractivity contribution in [3.8, 4) is 0 Å². The lowest BCUT2D eigenvalue weighted by Gasteiger charge is -2.26. The van der Waals surface area contributed by atoms with E-state index >= 15 is 0 Å². The number of anilines is 1. The number of hydrogen-bond acceptors (Lipinski definition) is 4. The molecule has 2 heterocycles. The molecule has 176 valence electrons. The molecule has 1 fully saturated rings. The van der Waals surface area contributed by atoms with Crippen LogP contribution in [0, 0.1) is 5.92 Å². The lowest BCUT2D eigenvalue weighted by molar-refractivity contribution is -0.141. The van der Waals surface area contributed by atoms with Crippen LogP contribution in [0.15, 0.2) is 36.5 Å². The third-order valence-corrected chi connectivity index (χ3v) is 6.20. The van der Waals surface area contributed by atoms with Crippen LogP contribution < -0.4 is 5.32 Å². The molecular weight excluding hydrogens is 433 g/mol. The molecule has 0 atom stereocenters. The van der Waals surface area contributed by atoms with Gasteiger partial charge in [-0.05, 0) is 69.7 Å². The molecule has 2 N–H and O–H groups in total. The monoisotopic (exact) mass is 460 g/mol. The van der Waals surface area contributed by atoms with Crippen molar-refractivity contribution >= 4 is 22.5 Å². The van der Waals surface area contributed by atoms with Crippen molar-refractivity contribution in [2.75, 3.05) is 5.32 Å². The summed E-state index contributed by atoms with van der Waals surface area (Å²) in [5, 5.41) is 18.8. The number of carbonyl (C=O) groups excluding carboxylic acids is 1. The number of alkyl halides is 3. The van der Waals surface area contributed by atoms with Crippen molar-refractivity contribution in [3.63, 3.8) is 0 Å². The highest BCUT2D eigenvalue weighted by Crippen LogP contribution is 2.35. The van der Waals surface area contributed by atoms with E-state index in [-0.39, 0.29) is 5.69 Å². The zero-order valence-corrected chi connectivity index (χ0v) is 18.8. The Morgan fingerprint density at radius 1 is 1.15 bits per heavy atom. The van der Waals surface area contributed by atoms with Gasteiger partial charge < -0.3 is 10.4 Å². The third-order valence-electron chi connectivity index (χ3n) is 6.20. The third kappa shape index (κ3) is 5.03. The lowest BCUT2D eigenvalue weighted by atomic mass is 9.87. The number of pyridine rings is 1. The molecule has 0 radical (unpaired) electrons. The fraction of sp³-hybridized carbons (Fsp3) is 0.458. The van der Waals surface area contributed by atoms with Crippen molar-refractivity contribution in [2.45, 2.75) is 64.3 Å². The van der Waals surface area contributed by atoms with Gasteiger partial charge in [0.15, 0.2) is 0 Å². The average molecular weight is 461 g/mol. The summed E-state index contributed by atoms with van der Waals surface area (Å²) in [5.41, 5.74) is -1.42. The Morgan fingerprint density at radius 2 is 1.85 bits per heavy atom. The topological polar surface area (TPSA) is 80.0 Å². The van der Waals surface area contributed by atoms with Crippen LogP contribution in [-0.2, 0) is 11.8 Å². The van der Waals surface area contributed by atoms with Gasteiger partial charge in [0.05, 0.1) is 17.2 Å². The zero-order valence-electron chi connectivity index (χ0n) is 18.8. The van der Waals surface area contributed by atoms with Crippen LogP contribution >= 0.6 is 0 Å². The molecule has 4 rings (SSSR count). The molecule has 1 saturated carbocycles. The molecule has 1 amide bonds. The fourth-order valence-electron chi connectivity index (χ4n) is 4.30. The quantitative estimate of drug-likeness (QED) is 0.525. The number of aromatic nitrogens is 3. The summed E-state index contributed by atoms with van der Waals surface area (Å²) in [6, 6.07) is 6.88. The largest absolute Gasteiger partial charge is 0.433 e. The van der Waals surface area contributed by atoms with Crippen molar-refractivity contribution in [2.24, 2.45) is 5.92 Å². The van der Waals surface area contributed by atoms with Crippen LogP contribution in [0.2, 0.25) is 0 Å². The van der Waals surface area contributed by atoms with E-state index < -0.39 is 23.4 Å². The molecular formula is C24H27F3N4O2. The van der Waals surface area contributed by atoms with Crippen molar-refractivity contribution in [3.05, 3.63) is 53.5 Å². The van der Waals surface area contributed by atoms with E-state index in [1.807, 2.05) is 10.9 Å². The van der Waals surface area contributed by atoms with Gasteiger partial charge in [0.2, 0.25) is 0 Å². The highest BCUT2D eigenvalue weighted by atomic mass is 19.4. The molecule has 9 heteroatoms. The Balaban J connectivity index is 1.68. The van der Waals surface area contributed by atoms with E-state index in [0.717, 1.165) is 43.2 Å². The van der Waals surface area contributed by atoms with Gasteiger partial charge in [-0.15, -0.1) is 0 Å². The molecule has 0 bridgehead atoms. The number of nitrogens with zero attached hydrogens (tertiary/aromatic N) is 3. The number of hydrogen-bond donors (Lipinski definition) is 2. The second kappa shape index (κ2) is 8.44. The Bertz CT molecular complexity index is 1170. The normalized spacial score (nSPS) is 19.6. The molecule has 1 aliphatic carbocycles. The molecule has 3 aromatic rings. The number of benzene rings is 1. The van der Waals surface area contributed by atoms with E-state index in [4.69, 9.17) is 5.10 Å². The summed E-state index contributed by atoms with van der Waals surface area (Å²) in [6.07, 6.45) is 1.63. The van der Waals surface area contributed by atoms with Crippen LogP contribution in [0.5, 0.6) is 0 Å². The Labute approximate surface area is 189 Å². The van der Waals surface area contributed by atoms with E-state index in [9.17, 15) is 23.1 Å². The zero-order chi connectivity index (χ0) is 24.0. The molecule has 2 aromatic heterocycles. The van der Waals surface area contributed by atoms with E-state index in [1.54, 1.807) is 26.0 Å². The molecule has 33 heavy (non-hydrogen) atoms. The minimum absolute atomic E-state index is 0.298. The fourth-order valence-corrected chi connectivity index (χ4v) is 4.30. The molecule has 0 unspecified atom stereocenters. The predicted octanol–water partition coefficient (Wildman–Crippen LogP) is 5.68. The van der Waals surface area contributed by atoms with Crippen LogP contribution in [0.4, 0.5) is 18.9 Å². The first-order valence-corrected chi connectivity index (χ1v) is 11.0. The van der Waals surface area contributed by atoms with Crippen LogP contribution in [-0.4, -0.2) is 25.8 Å². The lowest BCUT2D eigenvalue weighted by Crippen LogP contribution is -2.22. The Kier molecular flexibility index (Phi) is 5.94. The summed E-state index contributed by atoms with van der Waals surface area (Å²) < 4.78 is 40.9. The van der Waals surface area contributed by atoms with Gasteiger partial charge >= 0.3 is 6.18 Å². The highest BCUT2D eigenvalue weighted by molar-refractivity contribution is 6.04. The maximum Gasteiger partial charge on any atom is 0.433 e. The summed E-state index contributed by atoms with van der Waals surface area (Å²) >= 11 is 0. The van der Waals surface area contributed by atoms with Crippen LogP contribution in [0.25, 0.3) is 10.9 Å². The first kappa shape index (κ1) is 23.2. The second-order valence-electron chi connectivity index (χ2n) is 9.40. The van der Waals surface area contributed by atoms with Gasteiger partial charge in [0.1, 0.15) is 11.4 Å². The number of nitrogens with one attached hydrogen (secondary N) is 1. The molecule has 1 aromatic carbocycles. The summed E-state index contributed by atoms with van der Waals surface area (Å²) in [5.74, 6) is -0.0844. The Morgan fingerprint density at radius 3 is 2.48 bits per heavy atom. The maximum absolute atomic E-state index is 13.0. The average Bonchev–Trinajstić information content (AvgIpc) is 3.15. The molecule has 6 nitrogen and oxygen atoms in total. The number of aliphatic hydroxyl groups is 1. The number of fused-ring (bicyclic) bond motifs is 1. The van der Waals surface area contributed by atoms with Gasteiger partial charge in [0.25, 0.3) is 5.91 Å². The SMILES string of the molecule is CC(C)(O)c1cc2nn([C@H]3CC[C@H](C)CC3)cc2cc1NC(=O)c1cccc(C(F)(F)F)n1. The predicted molar refractivity (Wildman–Crippen MR) is 119 cm³/mol. The van der Waals surface area contributed by atoms with E-state index in [2.05, 4.69) is 17.2 Å². The number of carbonyl (C=O) groups is 1. The first-order chi connectivity index (χ1) is 15.4. The number of amides is 1. The van der Waals surface area contributed by atoms with E-state index in [1.165, 1.54) is 6.07 Å². The number of halogens is 3. The van der Waals surface area contributed by atoms with Crippen molar-refractivity contribution in [1.82, 2.24) is 14.8 Å². The minimum Gasteiger partial charge on any atom is -0.386 e. The highest BCUT2D eigenvalue weighted by Gasteiger charge is 2.33. The Hall–Kier alpha value is -2.94. The molecule has 0 aliphatic heterocycles. The smallest absolute Gasteiger partial charge is 0.386 e. The van der Waals surface area contributed by atoms with Gasteiger partial charge in [-0.25, -0.2) is 4.98 Å². The van der Waals surface area contributed by atoms with Crippen molar-refractivity contribution in [1.29, 1.82) is 0 Å². The van der Waals surface area contributed by atoms with E-state index in [0.29, 0.717) is 28.7 Å². The second-order valence-corrected chi connectivity index (χ2v) is 9.40. The summed E-state index contributed by atoms with van der Waals surface area (Å²) in [4.78, 5) is 16.2. The van der Waals surface area contributed by atoms with Gasteiger partial charge in [-0.3, -0.25) is 9.48 Å². The number of rotatable bonds is 4. The summed E-state index contributed by atoms with van der Waals surface area (Å²) in [6.45, 7) is 5.40. The minimum atomic E-state index is -4.65. The standard InChI is InChI=1S/C24H27F3N4O2/c1-14-7-9-16(10-8-14)31-13-15-11-20(17(23(2,3)33)12-19(15)30-31)29-22(32)18-5-4-6-21(28-18)24(25,26)27/h4-6,11-14,16,33H,7-10H2,1-3H3,(H,29,32)/t14-,16-. The van der Waals surface area contributed by atoms with Gasteiger partial charge in [-0.2, -0.15) is 18.3 Å². The first-order valence-electron chi connectivity index (χ1n) is 11.0. The van der Waals surface area contributed by atoms with Gasteiger partial charge in [0, 0.05) is 22.8 Å². The van der Waals surface area contributed by atoms with Crippen LogP contribution in [0.3, 0.4) is 0 Å². The maximum atomic E-state index is 13.0. The molecule has 0 spiro atoms. The molecule has 0 saturated heterocycles.